The molecule has 2 atom stereocenters. The van der Waals surface area contributed by atoms with Gasteiger partial charge in [0.15, 0.2) is 0 Å². The molecule has 1 rings (SSSR count). The maximum atomic E-state index is 11.6. The van der Waals surface area contributed by atoms with Crippen molar-refractivity contribution < 1.29 is 14.3 Å². The molecule has 1 saturated heterocycles. The molecule has 3 amide bonds. The number of methoxy groups -OCH3 is 1. The molecule has 0 spiro atoms. The summed E-state index contributed by atoms with van der Waals surface area (Å²) in [6.07, 6.45) is 0.769. The number of hydrogen-bond acceptors (Lipinski definition) is 4. The molecule has 0 saturated carbocycles. The van der Waals surface area contributed by atoms with Crippen LogP contribution in [0.25, 0.3) is 0 Å². The second-order valence-electron chi connectivity index (χ2n) is 3.64. The molecule has 7 heteroatoms. The smallest absolute Gasteiger partial charge is 0.312 e. The molecule has 7 nitrogen and oxygen atoms in total. The molecule has 1 aliphatic rings. The predicted molar refractivity (Wildman–Crippen MR) is 57.8 cm³/mol. The second kappa shape index (κ2) is 6.29. The van der Waals surface area contributed by atoms with Crippen molar-refractivity contribution in [2.75, 3.05) is 26.7 Å². The van der Waals surface area contributed by atoms with Crippen LogP contribution in [0.3, 0.4) is 0 Å². The summed E-state index contributed by atoms with van der Waals surface area (Å²) in [5, 5.41) is 8.15. The number of primary amides is 1. The Kier molecular flexibility index (Phi) is 5.00. The molecule has 1 fully saturated rings. The Balaban J connectivity index is 2.13. The Hall–Kier alpha value is -1.34. The maximum absolute atomic E-state index is 11.6. The van der Waals surface area contributed by atoms with Gasteiger partial charge in [0.1, 0.15) is 0 Å². The standard InChI is InChI=1S/C9H18N4O3/c1-16-6-4-7(13-5-6)8(14)11-2-3-12-9(10)15/h6-7,13H,2-5H2,1H3,(H,11,14)(H3,10,12,15). The lowest BCUT2D eigenvalue weighted by molar-refractivity contribution is -0.122. The Labute approximate surface area is 94.1 Å². The molecule has 2 unspecified atom stereocenters. The summed E-state index contributed by atoms with van der Waals surface area (Å²) in [6.45, 7) is 1.40. The van der Waals surface area contributed by atoms with Gasteiger partial charge in [0, 0.05) is 26.7 Å². The molecular formula is C9H18N4O3. The molecule has 92 valence electrons. The van der Waals surface area contributed by atoms with Crippen molar-refractivity contribution in [3.8, 4) is 0 Å². The zero-order valence-corrected chi connectivity index (χ0v) is 9.29. The zero-order chi connectivity index (χ0) is 12.0. The van der Waals surface area contributed by atoms with Crippen molar-refractivity contribution in [3.63, 3.8) is 0 Å². The summed E-state index contributed by atoms with van der Waals surface area (Å²) in [7, 11) is 1.63. The van der Waals surface area contributed by atoms with E-state index < -0.39 is 6.03 Å². The average molecular weight is 230 g/mol. The Morgan fingerprint density at radius 2 is 2.12 bits per heavy atom. The van der Waals surface area contributed by atoms with Gasteiger partial charge in [0.25, 0.3) is 0 Å². The van der Waals surface area contributed by atoms with Crippen LogP contribution in [0.1, 0.15) is 6.42 Å². The molecular weight excluding hydrogens is 212 g/mol. The fraction of sp³-hybridized carbons (Fsp3) is 0.778. The SMILES string of the molecule is COC1CNC(C(=O)NCCNC(N)=O)C1. The number of carbonyl (C=O) groups excluding carboxylic acids is 2. The van der Waals surface area contributed by atoms with Crippen molar-refractivity contribution in [1.29, 1.82) is 0 Å². The van der Waals surface area contributed by atoms with Gasteiger partial charge in [-0.15, -0.1) is 0 Å². The summed E-state index contributed by atoms with van der Waals surface area (Å²) in [5.41, 5.74) is 4.88. The predicted octanol–water partition coefficient (Wildman–Crippen LogP) is -1.85. The highest BCUT2D eigenvalue weighted by Gasteiger charge is 2.28. The minimum Gasteiger partial charge on any atom is -0.380 e. The van der Waals surface area contributed by atoms with E-state index in [0.29, 0.717) is 26.1 Å². The molecule has 16 heavy (non-hydrogen) atoms. The van der Waals surface area contributed by atoms with Gasteiger partial charge in [0.05, 0.1) is 12.1 Å². The minimum absolute atomic E-state index is 0.0779. The third kappa shape index (κ3) is 4.03. The summed E-state index contributed by atoms with van der Waals surface area (Å²) >= 11 is 0. The summed E-state index contributed by atoms with van der Waals surface area (Å²) in [4.78, 5) is 21.9. The molecule has 1 aliphatic heterocycles. The van der Waals surface area contributed by atoms with E-state index in [-0.39, 0.29) is 18.1 Å². The molecule has 0 aliphatic carbocycles. The lowest BCUT2D eigenvalue weighted by atomic mass is 10.2. The van der Waals surface area contributed by atoms with E-state index >= 15 is 0 Å². The maximum Gasteiger partial charge on any atom is 0.312 e. The third-order valence-electron chi connectivity index (χ3n) is 2.46. The van der Waals surface area contributed by atoms with Gasteiger partial charge in [-0.1, -0.05) is 0 Å². The molecule has 0 aromatic rings. The van der Waals surface area contributed by atoms with Gasteiger partial charge in [-0.2, -0.15) is 0 Å². The number of nitrogens with one attached hydrogen (secondary N) is 3. The molecule has 0 radical (unpaired) electrons. The van der Waals surface area contributed by atoms with Crippen LogP contribution in [0, 0.1) is 0 Å². The lowest BCUT2D eigenvalue weighted by Gasteiger charge is -2.11. The van der Waals surface area contributed by atoms with Crippen LogP contribution in [0.15, 0.2) is 0 Å². The van der Waals surface area contributed by atoms with Crippen LogP contribution in [0.4, 0.5) is 4.79 Å². The van der Waals surface area contributed by atoms with E-state index in [2.05, 4.69) is 16.0 Å². The van der Waals surface area contributed by atoms with Gasteiger partial charge < -0.3 is 26.4 Å². The first-order chi connectivity index (χ1) is 7.63. The van der Waals surface area contributed by atoms with Gasteiger partial charge in [-0.25, -0.2) is 4.79 Å². The third-order valence-corrected chi connectivity index (χ3v) is 2.46. The van der Waals surface area contributed by atoms with Crippen LogP contribution in [0.2, 0.25) is 0 Å². The highest BCUT2D eigenvalue weighted by Crippen LogP contribution is 2.08. The van der Waals surface area contributed by atoms with E-state index in [1.807, 2.05) is 0 Å². The zero-order valence-electron chi connectivity index (χ0n) is 9.29. The van der Waals surface area contributed by atoms with Crippen molar-refractivity contribution in [1.82, 2.24) is 16.0 Å². The topological polar surface area (TPSA) is 105 Å². The van der Waals surface area contributed by atoms with Gasteiger partial charge in [-0.05, 0) is 6.42 Å². The molecule has 1 heterocycles. The minimum atomic E-state index is -0.590. The fourth-order valence-corrected chi connectivity index (χ4v) is 1.58. The van der Waals surface area contributed by atoms with E-state index in [1.165, 1.54) is 0 Å². The first-order valence-electron chi connectivity index (χ1n) is 5.20. The van der Waals surface area contributed by atoms with E-state index in [9.17, 15) is 9.59 Å². The van der Waals surface area contributed by atoms with Gasteiger partial charge in [-0.3, -0.25) is 4.79 Å². The molecule has 0 aromatic heterocycles. The average Bonchev–Trinajstić information content (AvgIpc) is 2.72. The van der Waals surface area contributed by atoms with Gasteiger partial charge >= 0.3 is 6.03 Å². The number of carbonyl (C=O) groups is 2. The Bertz CT molecular complexity index is 259. The number of rotatable bonds is 5. The first-order valence-corrected chi connectivity index (χ1v) is 5.20. The van der Waals surface area contributed by atoms with E-state index in [1.54, 1.807) is 7.11 Å². The number of urea groups is 1. The highest BCUT2D eigenvalue weighted by atomic mass is 16.5. The quantitative estimate of drug-likeness (QED) is 0.416. The van der Waals surface area contributed by atoms with Crippen LogP contribution in [0.5, 0.6) is 0 Å². The number of hydrogen-bond donors (Lipinski definition) is 4. The van der Waals surface area contributed by atoms with Crippen LogP contribution in [-0.4, -0.2) is 50.8 Å². The number of nitrogens with two attached hydrogens (primary N) is 1. The molecule has 0 bridgehead atoms. The van der Waals surface area contributed by atoms with Crippen molar-refractivity contribution >= 4 is 11.9 Å². The highest BCUT2D eigenvalue weighted by molar-refractivity contribution is 5.82. The van der Waals surface area contributed by atoms with Crippen molar-refractivity contribution in [2.24, 2.45) is 5.73 Å². The molecule has 0 aromatic carbocycles. The Morgan fingerprint density at radius 1 is 1.44 bits per heavy atom. The summed E-state index contributed by atoms with van der Waals surface area (Å²) < 4.78 is 5.13. The molecule has 5 N–H and O–H groups in total. The van der Waals surface area contributed by atoms with Crippen molar-refractivity contribution in [3.05, 3.63) is 0 Å². The van der Waals surface area contributed by atoms with Crippen molar-refractivity contribution in [2.45, 2.75) is 18.6 Å². The Morgan fingerprint density at radius 3 is 2.69 bits per heavy atom. The van der Waals surface area contributed by atoms with Crippen LogP contribution >= 0.6 is 0 Å². The monoisotopic (exact) mass is 230 g/mol. The number of ether oxygens (including phenoxy) is 1. The summed E-state index contributed by atoms with van der Waals surface area (Å²) in [6, 6.07) is -0.800. The van der Waals surface area contributed by atoms with Gasteiger partial charge in [0.2, 0.25) is 5.91 Å². The normalized spacial score (nSPS) is 24.1. The second-order valence-corrected chi connectivity index (χ2v) is 3.64. The van der Waals surface area contributed by atoms with Crippen LogP contribution in [-0.2, 0) is 9.53 Å². The largest absolute Gasteiger partial charge is 0.380 e. The summed E-state index contributed by atoms with van der Waals surface area (Å²) in [5.74, 6) is -0.0779. The van der Waals surface area contributed by atoms with E-state index in [4.69, 9.17) is 10.5 Å². The van der Waals surface area contributed by atoms with Crippen LogP contribution < -0.4 is 21.7 Å². The number of amides is 3. The van der Waals surface area contributed by atoms with E-state index in [0.717, 1.165) is 0 Å². The fourth-order valence-electron chi connectivity index (χ4n) is 1.58. The first kappa shape index (κ1) is 12.7. The lowest BCUT2D eigenvalue weighted by Crippen LogP contribution is -2.44.